The molecule has 1 aromatic carbocycles. The number of piperazine rings is 1. The largest absolute Gasteiger partial charge is 0.353 e. The lowest BCUT2D eigenvalue weighted by atomic mass is 10.3. The Kier molecular flexibility index (Phi) is 4.82. The lowest BCUT2D eigenvalue weighted by molar-refractivity contribution is 0.628. The van der Waals surface area contributed by atoms with E-state index in [1.54, 1.807) is 12.1 Å². The Morgan fingerprint density at radius 1 is 0.889 bits per heavy atom. The zero-order valence-corrected chi connectivity index (χ0v) is 15.1. The summed E-state index contributed by atoms with van der Waals surface area (Å²) < 4.78 is 13.4. The first-order chi connectivity index (χ1) is 13.2. The maximum absolute atomic E-state index is 13.4. The van der Waals surface area contributed by atoms with Crippen molar-refractivity contribution in [1.29, 1.82) is 0 Å². The van der Waals surface area contributed by atoms with E-state index in [9.17, 15) is 4.39 Å². The van der Waals surface area contributed by atoms with Crippen LogP contribution in [0.2, 0.25) is 0 Å². The number of anilines is 4. The third kappa shape index (κ3) is 4.13. The molecule has 1 aliphatic rings. The van der Waals surface area contributed by atoms with Crippen molar-refractivity contribution >= 4 is 23.3 Å². The topological polar surface area (TPSA) is 57.2 Å². The second-order valence-electron chi connectivity index (χ2n) is 6.49. The van der Waals surface area contributed by atoms with Gasteiger partial charge in [0.15, 0.2) is 0 Å². The zero-order valence-electron chi connectivity index (χ0n) is 15.1. The van der Waals surface area contributed by atoms with Crippen molar-refractivity contribution in [3.05, 3.63) is 66.2 Å². The van der Waals surface area contributed by atoms with Crippen molar-refractivity contribution in [2.45, 2.75) is 6.92 Å². The van der Waals surface area contributed by atoms with Crippen LogP contribution < -0.4 is 15.1 Å². The smallest absolute Gasteiger partial charge is 0.229 e. The predicted octanol–water partition coefficient (Wildman–Crippen LogP) is 3.39. The number of hydrogen-bond donors (Lipinski definition) is 1. The van der Waals surface area contributed by atoms with Gasteiger partial charge < -0.3 is 15.1 Å². The summed E-state index contributed by atoms with van der Waals surface area (Å²) >= 11 is 0. The summed E-state index contributed by atoms with van der Waals surface area (Å²) in [6.07, 6.45) is 1.82. The van der Waals surface area contributed by atoms with Crippen molar-refractivity contribution in [3.63, 3.8) is 0 Å². The predicted molar refractivity (Wildman–Crippen MR) is 105 cm³/mol. The Labute approximate surface area is 157 Å². The van der Waals surface area contributed by atoms with E-state index in [1.165, 1.54) is 12.1 Å². The van der Waals surface area contributed by atoms with E-state index in [-0.39, 0.29) is 5.82 Å². The average molecular weight is 364 g/mol. The van der Waals surface area contributed by atoms with Crippen LogP contribution in [0.5, 0.6) is 0 Å². The minimum absolute atomic E-state index is 0.293. The molecule has 3 aromatic rings. The van der Waals surface area contributed by atoms with Gasteiger partial charge in [-0.3, -0.25) is 0 Å². The molecule has 0 amide bonds. The summed E-state index contributed by atoms with van der Waals surface area (Å²) in [5.74, 6) is 2.06. The Bertz CT molecular complexity index is 909. The SMILES string of the molecule is Cc1cc(N2CCN(c3ccccn3)CC2)nc(Nc2cccc(F)c2)n1. The van der Waals surface area contributed by atoms with Crippen molar-refractivity contribution in [2.24, 2.45) is 0 Å². The minimum atomic E-state index is -0.293. The molecule has 0 saturated carbocycles. The summed E-state index contributed by atoms with van der Waals surface area (Å²) in [5, 5.41) is 3.09. The number of benzene rings is 1. The quantitative estimate of drug-likeness (QED) is 0.766. The Hall–Kier alpha value is -3.22. The van der Waals surface area contributed by atoms with Crippen LogP contribution in [0.4, 0.5) is 27.7 Å². The fourth-order valence-corrected chi connectivity index (χ4v) is 3.17. The third-order valence-electron chi connectivity index (χ3n) is 4.50. The molecule has 2 aromatic heterocycles. The van der Waals surface area contributed by atoms with Crippen LogP contribution in [0.25, 0.3) is 0 Å². The van der Waals surface area contributed by atoms with Gasteiger partial charge >= 0.3 is 0 Å². The van der Waals surface area contributed by atoms with E-state index in [0.29, 0.717) is 11.6 Å². The van der Waals surface area contributed by atoms with Crippen LogP contribution in [0, 0.1) is 12.7 Å². The lowest BCUT2D eigenvalue weighted by Gasteiger charge is -2.36. The number of aromatic nitrogens is 3. The lowest BCUT2D eigenvalue weighted by Crippen LogP contribution is -2.47. The van der Waals surface area contributed by atoms with Crippen LogP contribution >= 0.6 is 0 Å². The molecule has 0 radical (unpaired) electrons. The van der Waals surface area contributed by atoms with Gasteiger partial charge in [-0.05, 0) is 37.3 Å². The summed E-state index contributed by atoms with van der Waals surface area (Å²) in [6.45, 7) is 5.41. The maximum Gasteiger partial charge on any atom is 0.229 e. The zero-order chi connectivity index (χ0) is 18.6. The van der Waals surface area contributed by atoms with Gasteiger partial charge in [0.2, 0.25) is 5.95 Å². The molecule has 0 spiro atoms. The number of pyridine rings is 1. The highest BCUT2D eigenvalue weighted by atomic mass is 19.1. The molecular formula is C20H21FN6. The van der Waals surface area contributed by atoms with Gasteiger partial charge in [0.25, 0.3) is 0 Å². The average Bonchev–Trinajstić information content (AvgIpc) is 2.68. The molecule has 4 rings (SSSR count). The number of halogens is 1. The number of nitrogens with one attached hydrogen (secondary N) is 1. The third-order valence-corrected chi connectivity index (χ3v) is 4.50. The monoisotopic (exact) mass is 364 g/mol. The maximum atomic E-state index is 13.4. The van der Waals surface area contributed by atoms with Gasteiger partial charge in [-0.2, -0.15) is 4.98 Å². The van der Waals surface area contributed by atoms with Crippen LogP contribution in [0.15, 0.2) is 54.7 Å². The fraction of sp³-hybridized carbons (Fsp3) is 0.250. The van der Waals surface area contributed by atoms with Crippen LogP contribution in [0.1, 0.15) is 5.69 Å². The number of rotatable bonds is 4. The van der Waals surface area contributed by atoms with E-state index in [0.717, 1.165) is 43.5 Å². The van der Waals surface area contributed by atoms with Crippen molar-refractivity contribution in [1.82, 2.24) is 15.0 Å². The van der Waals surface area contributed by atoms with Crippen LogP contribution in [0.3, 0.4) is 0 Å². The standard InChI is InChI=1S/C20H21FN6/c1-15-13-19(25-20(23-15)24-17-6-4-5-16(21)14-17)27-11-9-26(10-12-27)18-7-2-3-8-22-18/h2-8,13-14H,9-12H2,1H3,(H,23,24,25). The molecular weight excluding hydrogens is 343 g/mol. The molecule has 27 heavy (non-hydrogen) atoms. The highest BCUT2D eigenvalue weighted by molar-refractivity contribution is 5.56. The second-order valence-corrected chi connectivity index (χ2v) is 6.49. The molecule has 1 saturated heterocycles. The molecule has 6 nitrogen and oxygen atoms in total. The van der Waals surface area contributed by atoms with Crippen molar-refractivity contribution in [3.8, 4) is 0 Å². The first kappa shape index (κ1) is 17.2. The van der Waals surface area contributed by atoms with E-state index in [4.69, 9.17) is 0 Å². The summed E-state index contributed by atoms with van der Waals surface area (Å²) in [4.78, 5) is 18.0. The normalized spacial score (nSPS) is 14.3. The van der Waals surface area contributed by atoms with Crippen molar-refractivity contribution < 1.29 is 4.39 Å². The number of aryl methyl sites for hydroxylation is 1. The number of nitrogens with zero attached hydrogens (tertiary/aromatic N) is 5. The summed E-state index contributed by atoms with van der Waals surface area (Å²) in [7, 11) is 0. The summed E-state index contributed by atoms with van der Waals surface area (Å²) in [5.41, 5.74) is 1.50. The molecule has 1 fully saturated rings. The molecule has 0 bridgehead atoms. The van der Waals surface area contributed by atoms with Gasteiger partial charge in [-0.25, -0.2) is 14.4 Å². The fourth-order valence-electron chi connectivity index (χ4n) is 3.17. The molecule has 3 heterocycles. The molecule has 138 valence electrons. The van der Waals surface area contributed by atoms with E-state index < -0.39 is 0 Å². The first-order valence-electron chi connectivity index (χ1n) is 8.96. The van der Waals surface area contributed by atoms with Gasteiger partial charge in [-0.15, -0.1) is 0 Å². The molecule has 0 unspecified atom stereocenters. The second kappa shape index (κ2) is 7.57. The Morgan fingerprint density at radius 2 is 1.67 bits per heavy atom. The van der Waals surface area contributed by atoms with E-state index in [1.807, 2.05) is 37.4 Å². The first-order valence-corrected chi connectivity index (χ1v) is 8.96. The highest BCUT2D eigenvalue weighted by Gasteiger charge is 2.19. The van der Waals surface area contributed by atoms with Crippen molar-refractivity contribution in [2.75, 3.05) is 41.3 Å². The van der Waals surface area contributed by atoms with Gasteiger partial charge in [0, 0.05) is 49.8 Å². The van der Waals surface area contributed by atoms with E-state index in [2.05, 4.69) is 30.1 Å². The highest BCUT2D eigenvalue weighted by Crippen LogP contribution is 2.21. The Balaban J connectivity index is 1.47. The van der Waals surface area contributed by atoms with Gasteiger partial charge in [0.05, 0.1) is 0 Å². The minimum Gasteiger partial charge on any atom is -0.353 e. The van der Waals surface area contributed by atoms with Crippen LogP contribution in [-0.4, -0.2) is 41.1 Å². The molecule has 1 aliphatic heterocycles. The molecule has 7 heteroatoms. The van der Waals surface area contributed by atoms with Gasteiger partial charge in [0.1, 0.15) is 17.5 Å². The molecule has 0 aliphatic carbocycles. The summed E-state index contributed by atoms with van der Waals surface area (Å²) in [6, 6.07) is 14.2. The molecule has 1 N–H and O–H groups in total. The van der Waals surface area contributed by atoms with Crippen LogP contribution in [-0.2, 0) is 0 Å². The Morgan fingerprint density at radius 3 is 2.37 bits per heavy atom. The van der Waals surface area contributed by atoms with Gasteiger partial charge in [-0.1, -0.05) is 12.1 Å². The number of hydrogen-bond acceptors (Lipinski definition) is 6. The molecule has 0 atom stereocenters. The van der Waals surface area contributed by atoms with E-state index >= 15 is 0 Å².